The number of anilines is 1. The second-order valence-electron chi connectivity index (χ2n) is 2.69. The largest absolute Gasteiger partial charge is 0.440 e. The summed E-state index contributed by atoms with van der Waals surface area (Å²) < 4.78 is 39.5. The summed E-state index contributed by atoms with van der Waals surface area (Å²) in [5.74, 6) is 0. The van der Waals surface area contributed by atoms with Crippen LogP contribution in [0.1, 0.15) is 0 Å². The number of alkyl halides is 3. The quantitative estimate of drug-likeness (QED) is 0.854. The van der Waals surface area contributed by atoms with Crippen molar-refractivity contribution in [2.45, 2.75) is 6.18 Å². The topological polar surface area (TPSA) is 51.2 Å². The van der Waals surface area contributed by atoms with E-state index in [9.17, 15) is 18.0 Å². The standard InChI is InChI=1S/C8H6BrF3N2O2/c9-6-2-1-5(3-13-6)14-7(15)16-4-8(10,11)12/h1-3H,4H2,(H,14,15). The van der Waals surface area contributed by atoms with E-state index >= 15 is 0 Å². The Bertz CT molecular complexity index is 367. The van der Waals surface area contributed by atoms with Gasteiger partial charge in [0.2, 0.25) is 0 Å². The van der Waals surface area contributed by atoms with Gasteiger partial charge in [-0.05, 0) is 28.1 Å². The zero-order valence-electron chi connectivity index (χ0n) is 7.71. The van der Waals surface area contributed by atoms with Crippen molar-refractivity contribution < 1.29 is 22.7 Å². The van der Waals surface area contributed by atoms with E-state index in [1.54, 1.807) is 0 Å². The highest BCUT2D eigenvalue weighted by Gasteiger charge is 2.29. The van der Waals surface area contributed by atoms with E-state index in [-0.39, 0.29) is 5.69 Å². The van der Waals surface area contributed by atoms with Crippen molar-refractivity contribution in [2.75, 3.05) is 11.9 Å². The summed E-state index contributed by atoms with van der Waals surface area (Å²) in [6, 6.07) is 2.99. The third-order valence-electron chi connectivity index (χ3n) is 1.34. The van der Waals surface area contributed by atoms with E-state index in [1.165, 1.54) is 18.3 Å². The van der Waals surface area contributed by atoms with E-state index in [0.29, 0.717) is 4.60 Å². The Morgan fingerprint density at radius 3 is 2.69 bits per heavy atom. The third-order valence-corrected chi connectivity index (χ3v) is 1.81. The highest BCUT2D eigenvalue weighted by atomic mass is 79.9. The number of hydrogen-bond acceptors (Lipinski definition) is 3. The number of rotatable bonds is 2. The molecule has 1 heterocycles. The van der Waals surface area contributed by atoms with Crippen LogP contribution in [0.4, 0.5) is 23.7 Å². The van der Waals surface area contributed by atoms with Gasteiger partial charge in [0.05, 0.1) is 11.9 Å². The lowest BCUT2D eigenvalue weighted by molar-refractivity contribution is -0.159. The molecule has 1 amide bonds. The Balaban J connectivity index is 2.43. The molecule has 1 aromatic heterocycles. The van der Waals surface area contributed by atoms with Crippen molar-refractivity contribution >= 4 is 27.7 Å². The maximum Gasteiger partial charge on any atom is 0.422 e. The van der Waals surface area contributed by atoms with Crippen LogP contribution < -0.4 is 5.32 Å². The van der Waals surface area contributed by atoms with Crippen molar-refractivity contribution in [2.24, 2.45) is 0 Å². The van der Waals surface area contributed by atoms with Crippen molar-refractivity contribution in [3.05, 3.63) is 22.9 Å². The van der Waals surface area contributed by atoms with Gasteiger partial charge in [-0.15, -0.1) is 0 Å². The Kier molecular flexibility index (Phi) is 4.11. The van der Waals surface area contributed by atoms with E-state index in [1.807, 2.05) is 0 Å². The monoisotopic (exact) mass is 298 g/mol. The van der Waals surface area contributed by atoms with Crippen LogP contribution >= 0.6 is 15.9 Å². The molecular formula is C8H6BrF3N2O2. The maximum atomic E-state index is 11.7. The molecule has 0 radical (unpaired) electrons. The Morgan fingerprint density at radius 2 is 2.19 bits per heavy atom. The van der Waals surface area contributed by atoms with Gasteiger partial charge < -0.3 is 4.74 Å². The Hall–Kier alpha value is -1.31. The molecular weight excluding hydrogens is 293 g/mol. The lowest BCUT2D eigenvalue weighted by atomic mass is 10.4. The minimum absolute atomic E-state index is 0.246. The molecule has 1 rings (SSSR count). The minimum atomic E-state index is -4.53. The van der Waals surface area contributed by atoms with Crippen molar-refractivity contribution in [1.29, 1.82) is 0 Å². The molecule has 0 unspecified atom stereocenters. The maximum absolute atomic E-state index is 11.7. The number of carbonyl (C=O) groups excluding carboxylic acids is 1. The van der Waals surface area contributed by atoms with Gasteiger partial charge in [-0.1, -0.05) is 0 Å². The first-order valence-corrected chi connectivity index (χ1v) is 4.78. The number of aromatic nitrogens is 1. The van der Waals surface area contributed by atoms with Crippen molar-refractivity contribution in [3.63, 3.8) is 0 Å². The first-order valence-electron chi connectivity index (χ1n) is 3.99. The molecule has 0 aromatic carbocycles. The summed E-state index contributed by atoms with van der Waals surface area (Å²) in [6.45, 7) is -1.62. The van der Waals surface area contributed by atoms with Crippen LogP contribution in [0.2, 0.25) is 0 Å². The van der Waals surface area contributed by atoms with E-state index in [0.717, 1.165) is 0 Å². The molecule has 0 saturated heterocycles. The average Bonchev–Trinajstić information content (AvgIpc) is 2.18. The van der Waals surface area contributed by atoms with Crippen LogP contribution in [-0.2, 0) is 4.74 Å². The van der Waals surface area contributed by atoms with Gasteiger partial charge in [0.1, 0.15) is 4.60 Å². The highest BCUT2D eigenvalue weighted by Crippen LogP contribution is 2.15. The average molecular weight is 299 g/mol. The fraction of sp³-hybridized carbons (Fsp3) is 0.250. The zero-order chi connectivity index (χ0) is 12.2. The molecule has 0 saturated carbocycles. The second-order valence-corrected chi connectivity index (χ2v) is 3.50. The van der Waals surface area contributed by atoms with Crippen molar-refractivity contribution in [3.8, 4) is 0 Å². The van der Waals surface area contributed by atoms with Crippen LogP contribution in [0.25, 0.3) is 0 Å². The smallest absolute Gasteiger partial charge is 0.422 e. The number of carbonyl (C=O) groups is 1. The molecule has 0 aliphatic rings. The van der Waals surface area contributed by atoms with Crippen molar-refractivity contribution in [1.82, 2.24) is 4.98 Å². The van der Waals surface area contributed by atoms with Crippen LogP contribution in [0.15, 0.2) is 22.9 Å². The molecule has 0 atom stereocenters. The molecule has 0 bridgehead atoms. The first-order chi connectivity index (χ1) is 7.37. The van der Waals surface area contributed by atoms with Gasteiger partial charge in [0.25, 0.3) is 0 Å². The Morgan fingerprint density at radius 1 is 1.50 bits per heavy atom. The second kappa shape index (κ2) is 5.15. The van der Waals surface area contributed by atoms with E-state index in [2.05, 4.69) is 31.0 Å². The van der Waals surface area contributed by atoms with Crippen LogP contribution in [0, 0.1) is 0 Å². The predicted octanol–water partition coefficient (Wildman–Crippen LogP) is 2.95. The molecule has 1 N–H and O–H groups in total. The van der Waals surface area contributed by atoms with Gasteiger partial charge in [-0.25, -0.2) is 9.78 Å². The highest BCUT2D eigenvalue weighted by molar-refractivity contribution is 9.10. The van der Waals surface area contributed by atoms with E-state index in [4.69, 9.17) is 0 Å². The van der Waals surface area contributed by atoms with Gasteiger partial charge in [-0.2, -0.15) is 13.2 Å². The number of halogens is 4. The fourth-order valence-electron chi connectivity index (χ4n) is 0.751. The summed E-state index contributed by atoms with van der Waals surface area (Å²) in [5, 5.41) is 2.10. The molecule has 1 aromatic rings. The van der Waals surface area contributed by atoms with Crippen LogP contribution in [-0.4, -0.2) is 23.9 Å². The molecule has 88 valence electrons. The number of nitrogens with one attached hydrogen (secondary N) is 1. The molecule has 4 nitrogen and oxygen atoms in total. The number of nitrogens with zero attached hydrogens (tertiary/aromatic N) is 1. The van der Waals surface area contributed by atoms with Gasteiger partial charge in [0, 0.05) is 0 Å². The van der Waals surface area contributed by atoms with Crippen LogP contribution in [0.5, 0.6) is 0 Å². The summed E-state index contributed by atoms with van der Waals surface area (Å²) >= 11 is 3.06. The van der Waals surface area contributed by atoms with Gasteiger partial charge in [0.15, 0.2) is 6.61 Å². The van der Waals surface area contributed by atoms with Gasteiger partial charge in [-0.3, -0.25) is 5.32 Å². The predicted molar refractivity (Wildman–Crippen MR) is 53.0 cm³/mol. The summed E-state index contributed by atoms with van der Waals surface area (Å²) in [7, 11) is 0. The van der Waals surface area contributed by atoms with Crippen LogP contribution in [0.3, 0.4) is 0 Å². The first kappa shape index (κ1) is 12.8. The zero-order valence-corrected chi connectivity index (χ0v) is 9.30. The summed E-state index contributed by atoms with van der Waals surface area (Å²) in [6.07, 6.45) is -4.43. The molecule has 0 aliphatic heterocycles. The number of pyridine rings is 1. The number of ether oxygens (including phenoxy) is 1. The lowest BCUT2D eigenvalue weighted by Crippen LogP contribution is -2.23. The fourth-order valence-corrected chi connectivity index (χ4v) is 0.986. The van der Waals surface area contributed by atoms with Gasteiger partial charge >= 0.3 is 12.3 Å². The minimum Gasteiger partial charge on any atom is -0.440 e. The molecule has 0 aliphatic carbocycles. The normalized spacial score (nSPS) is 11.0. The molecule has 16 heavy (non-hydrogen) atoms. The Labute approximate surface area is 96.9 Å². The summed E-state index contributed by atoms with van der Waals surface area (Å²) in [4.78, 5) is 14.6. The molecule has 8 heteroatoms. The third kappa shape index (κ3) is 4.96. The molecule has 0 spiro atoms. The van der Waals surface area contributed by atoms with E-state index < -0.39 is 18.9 Å². The number of hydrogen-bond donors (Lipinski definition) is 1. The molecule has 0 fully saturated rings. The lowest BCUT2D eigenvalue weighted by Gasteiger charge is -2.08. The SMILES string of the molecule is O=C(Nc1ccc(Br)nc1)OCC(F)(F)F. The summed E-state index contributed by atoms with van der Waals surface area (Å²) in [5.41, 5.74) is 0.246. The number of amides is 1.